The van der Waals surface area contributed by atoms with Gasteiger partial charge in [0.1, 0.15) is 18.1 Å². The van der Waals surface area contributed by atoms with Crippen molar-refractivity contribution in [2.45, 2.75) is 20.0 Å². The summed E-state index contributed by atoms with van der Waals surface area (Å²) >= 11 is 1.57. The van der Waals surface area contributed by atoms with Gasteiger partial charge in [0.2, 0.25) is 0 Å². The Hall–Kier alpha value is -2.47. The first kappa shape index (κ1) is 16.4. The van der Waals surface area contributed by atoms with Crippen molar-refractivity contribution in [1.29, 1.82) is 0 Å². The van der Waals surface area contributed by atoms with Crippen LogP contribution in [0.4, 0.5) is 0 Å². The molecule has 3 rings (SSSR count). The molecule has 0 fully saturated rings. The summed E-state index contributed by atoms with van der Waals surface area (Å²) in [6.45, 7) is 6.19. The Balaban J connectivity index is 1.83. The molecule has 1 N–H and O–H groups in total. The lowest BCUT2D eigenvalue weighted by atomic mass is 10.1. The molecule has 3 aromatic rings. The van der Waals surface area contributed by atoms with E-state index in [9.17, 15) is 5.11 Å². The van der Waals surface area contributed by atoms with E-state index in [-0.39, 0.29) is 5.75 Å². The van der Waals surface area contributed by atoms with Crippen LogP contribution in [0.5, 0.6) is 11.5 Å². The molecule has 2 aromatic heterocycles. The smallest absolute Gasteiger partial charge is 0.130 e. The third-order valence-corrected chi connectivity index (χ3v) is 4.84. The predicted molar refractivity (Wildman–Crippen MR) is 95.6 cm³/mol. The van der Waals surface area contributed by atoms with Gasteiger partial charge in [-0.3, -0.25) is 4.68 Å². The van der Waals surface area contributed by atoms with Crippen LogP contribution in [0.2, 0.25) is 0 Å². The van der Waals surface area contributed by atoms with Crippen molar-refractivity contribution in [3.05, 3.63) is 52.9 Å². The SMILES string of the molecule is C=C(Cc1csc2cc(OCc3cc(C)nn3C)cc(O)c12)OC. The number of aryl methyl sites for hydroxylation is 2. The number of phenolic OH excluding ortho intramolecular Hbond substituents is 1. The largest absolute Gasteiger partial charge is 0.507 e. The summed E-state index contributed by atoms with van der Waals surface area (Å²) in [5.74, 6) is 1.52. The maximum Gasteiger partial charge on any atom is 0.130 e. The molecule has 0 aliphatic carbocycles. The Morgan fingerprint density at radius 2 is 2.17 bits per heavy atom. The molecule has 126 valence electrons. The van der Waals surface area contributed by atoms with E-state index in [1.807, 2.05) is 31.5 Å². The van der Waals surface area contributed by atoms with Crippen molar-refractivity contribution in [2.75, 3.05) is 7.11 Å². The summed E-state index contributed by atoms with van der Waals surface area (Å²) in [5, 5.41) is 17.6. The van der Waals surface area contributed by atoms with Gasteiger partial charge in [0.15, 0.2) is 0 Å². The topological polar surface area (TPSA) is 56.5 Å². The molecule has 0 amide bonds. The van der Waals surface area contributed by atoms with Crippen molar-refractivity contribution < 1.29 is 14.6 Å². The molecule has 6 heteroatoms. The maximum atomic E-state index is 10.4. The normalized spacial score (nSPS) is 11.0. The quantitative estimate of drug-likeness (QED) is 0.688. The lowest BCUT2D eigenvalue weighted by Gasteiger charge is -2.09. The molecular weight excluding hydrogens is 324 g/mol. The molecule has 0 aliphatic rings. The van der Waals surface area contributed by atoms with E-state index in [0.717, 1.165) is 27.0 Å². The first-order valence-corrected chi connectivity index (χ1v) is 8.43. The van der Waals surface area contributed by atoms with Crippen LogP contribution in [0.15, 0.2) is 35.9 Å². The zero-order valence-corrected chi connectivity index (χ0v) is 14.8. The fourth-order valence-corrected chi connectivity index (χ4v) is 3.65. The molecule has 0 saturated heterocycles. The summed E-state index contributed by atoms with van der Waals surface area (Å²) in [5.41, 5.74) is 2.94. The number of rotatable bonds is 6. The highest BCUT2D eigenvalue weighted by molar-refractivity contribution is 7.17. The van der Waals surface area contributed by atoms with Gasteiger partial charge in [-0.1, -0.05) is 6.58 Å². The van der Waals surface area contributed by atoms with Crippen LogP contribution >= 0.6 is 11.3 Å². The minimum Gasteiger partial charge on any atom is -0.507 e. The van der Waals surface area contributed by atoms with E-state index in [1.165, 1.54) is 0 Å². The lowest BCUT2D eigenvalue weighted by Crippen LogP contribution is -2.02. The molecular formula is C18H20N2O3S. The molecule has 24 heavy (non-hydrogen) atoms. The van der Waals surface area contributed by atoms with Crippen molar-refractivity contribution in [2.24, 2.45) is 7.05 Å². The molecule has 5 nitrogen and oxygen atoms in total. The second kappa shape index (κ2) is 6.57. The molecule has 2 heterocycles. The average molecular weight is 344 g/mol. The summed E-state index contributed by atoms with van der Waals surface area (Å²) in [4.78, 5) is 0. The highest BCUT2D eigenvalue weighted by Gasteiger charge is 2.13. The molecule has 1 aromatic carbocycles. The molecule has 0 bridgehead atoms. The third kappa shape index (κ3) is 3.23. The third-order valence-electron chi connectivity index (χ3n) is 3.87. The number of benzene rings is 1. The molecule has 0 unspecified atom stereocenters. The Kier molecular flexibility index (Phi) is 4.49. The summed E-state index contributed by atoms with van der Waals surface area (Å²) < 4.78 is 13.7. The summed E-state index contributed by atoms with van der Waals surface area (Å²) in [7, 11) is 3.49. The minimum atomic E-state index is 0.212. The Morgan fingerprint density at radius 1 is 1.38 bits per heavy atom. The summed E-state index contributed by atoms with van der Waals surface area (Å²) in [6, 6.07) is 5.58. The lowest BCUT2D eigenvalue weighted by molar-refractivity contribution is 0.285. The van der Waals surface area contributed by atoms with E-state index in [4.69, 9.17) is 9.47 Å². The van der Waals surface area contributed by atoms with Crippen LogP contribution in [0, 0.1) is 6.92 Å². The van der Waals surface area contributed by atoms with Crippen LogP contribution in [-0.4, -0.2) is 22.0 Å². The standard InChI is InChI=1S/C18H20N2O3S/c1-11-5-14(20(3)19-11)9-23-15-7-16(21)18-13(6-12(2)22-4)10-24-17(18)8-15/h5,7-8,10,21H,2,6,9H2,1,3-4H3. The number of hydrogen-bond donors (Lipinski definition) is 1. The number of thiophene rings is 1. The van der Waals surface area contributed by atoms with E-state index in [2.05, 4.69) is 11.7 Å². The van der Waals surface area contributed by atoms with Gasteiger partial charge in [0, 0.05) is 29.6 Å². The van der Waals surface area contributed by atoms with Gasteiger partial charge in [0.05, 0.1) is 24.3 Å². The number of methoxy groups -OCH3 is 1. The second-order valence-electron chi connectivity index (χ2n) is 5.69. The second-order valence-corrected chi connectivity index (χ2v) is 6.60. The van der Waals surface area contributed by atoms with E-state index < -0.39 is 0 Å². The van der Waals surface area contributed by atoms with Crippen LogP contribution in [0.25, 0.3) is 10.1 Å². The molecule has 0 spiro atoms. The highest BCUT2D eigenvalue weighted by Crippen LogP contribution is 2.38. The first-order chi connectivity index (χ1) is 11.5. The average Bonchev–Trinajstić information content (AvgIpc) is 3.08. The zero-order valence-electron chi connectivity index (χ0n) is 14.0. The van der Waals surface area contributed by atoms with E-state index in [1.54, 1.807) is 29.2 Å². The number of aromatic nitrogens is 2. The van der Waals surface area contributed by atoms with E-state index >= 15 is 0 Å². The Morgan fingerprint density at radius 3 is 2.83 bits per heavy atom. The number of nitrogens with zero attached hydrogens (tertiary/aromatic N) is 2. The van der Waals surface area contributed by atoms with Crippen LogP contribution in [0.1, 0.15) is 17.0 Å². The Labute approximate surface area is 144 Å². The maximum absolute atomic E-state index is 10.4. The molecule has 0 atom stereocenters. The van der Waals surface area contributed by atoms with Crippen molar-refractivity contribution >= 4 is 21.4 Å². The van der Waals surface area contributed by atoms with Gasteiger partial charge < -0.3 is 14.6 Å². The summed E-state index contributed by atoms with van der Waals surface area (Å²) in [6.07, 6.45) is 0.582. The number of fused-ring (bicyclic) bond motifs is 1. The fraction of sp³-hybridized carbons (Fsp3) is 0.278. The van der Waals surface area contributed by atoms with Gasteiger partial charge in [0.25, 0.3) is 0 Å². The number of phenols is 1. The van der Waals surface area contributed by atoms with Crippen LogP contribution in [0.3, 0.4) is 0 Å². The van der Waals surface area contributed by atoms with Crippen molar-refractivity contribution in [1.82, 2.24) is 9.78 Å². The number of aromatic hydroxyl groups is 1. The van der Waals surface area contributed by atoms with Crippen LogP contribution < -0.4 is 4.74 Å². The van der Waals surface area contributed by atoms with Gasteiger partial charge in [-0.05, 0) is 30.0 Å². The number of ether oxygens (including phenoxy) is 2. The van der Waals surface area contributed by atoms with Crippen molar-refractivity contribution in [3.8, 4) is 11.5 Å². The molecule has 0 aliphatic heterocycles. The monoisotopic (exact) mass is 344 g/mol. The first-order valence-electron chi connectivity index (χ1n) is 7.55. The van der Waals surface area contributed by atoms with Crippen molar-refractivity contribution in [3.63, 3.8) is 0 Å². The Bertz CT molecular complexity index is 895. The van der Waals surface area contributed by atoms with E-state index in [0.29, 0.717) is 24.5 Å². The van der Waals surface area contributed by atoms with Crippen LogP contribution in [-0.2, 0) is 24.8 Å². The van der Waals surface area contributed by atoms with Gasteiger partial charge in [-0.25, -0.2) is 0 Å². The molecule has 0 radical (unpaired) electrons. The number of allylic oxidation sites excluding steroid dienone is 1. The highest BCUT2D eigenvalue weighted by atomic mass is 32.1. The minimum absolute atomic E-state index is 0.212. The van der Waals surface area contributed by atoms with Gasteiger partial charge in [-0.2, -0.15) is 5.10 Å². The zero-order chi connectivity index (χ0) is 17.3. The van der Waals surface area contributed by atoms with Gasteiger partial charge in [-0.15, -0.1) is 11.3 Å². The molecule has 0 saturated carbocycles. The van der Waals surface area contributed by atoms with Gasteiger partial charge >= 0.3 is 0 Å². The predicted octanol–water partition coefficient (Wildman–Crippen LogP) is 3.93. The number of hydrogen-bond acceptors (Lipinski definition) is 5. The fourth-order valence-electron chi connectivity index (χ4n) is 2.64.